The summed E-state index contributed by atoms with van der Waals surface area (Å²) in [6.45, 7) is -1.35. The van der Waals surface area contributed by atoms with Gasteiger partial charge in [0, 0.05) is 51.9 Å². The van der Waals surface area contributed by atoms with Crippen LogP contribution >= 0.6 is 0 Å². The molecule has 6 saturated heterocycles. The van der Waals surface area contributed by atoms with E-state index in [1.165, 1.54) is 83.1 Å². The zero-order valence-electron chi connectivity index (χ0n) is 73.4. The normalized spacial score (nSPS) is 35.6. The molecule has 0 aromatic heterocycles. The van der Waals surface area contributed by atoms with Crippen LogP contribution in [0.5, 0.6) is 0 Å². The van der Waals surface area contributed by atoms with Crippen molar-refractivity contribution >= 4 is 35.6 Å². The van der Waals surface area contributed by atoms with E-state index in [0.29, 0.717) is 12.8 Å². The van der Waals surface area contributed by atoms with Gasteiger partial charge in [-0.1, -0.05) is 167 Å². The van der Waals surface area contributed by atoms with Crippen LogP contribution < -0.4 is 21.3 Å². The molecular weight excluding hydrogens is 1690 g/mol. The van der Waals surface area contributed by atoms with Crippen molar-refractivity contribution in [1.82, 2.24) is 21.3 Å². The average Bonchev–Trinajstić information content (AvgIpc) is 0.728. The van der Waals surface area contributed by atoms with Crippen LogP contribution in [0, 0.1) is 11.8 Å². The number of ether oxygens (including phenoxy) is 10. The molecule has 6 fully saturated rings. The zero-order chi connectivity index (χ0) is 94.2. The van der Waals surface area contributed by atoms with Crippen LogP contribution in [0.25, 0.3) is 0 Å². The maximum Gasteiger partial charge on any atom is 0.338 e. The summed E-state index contributed by atoms with van der Waals surface area (Å²) in [6, 6.07) is -7.35. The largest absolute Gasteiger partial charge is 0.479 e. The third-order valence-corrected chi connectivity index (χ3v) is 25.0. The summed E-state index contributed by atoms with van der Waals surface area (Å²) < 4.78 is 60.3. The third kappa shape index (κ3) is 30.4. The maximum atomic E-state index is 14.6. The number of nitrogens with one attached hydrogen (secondary N) is 4. The van der Waals surface area contributed by atoms with Gasteiger partial charge in [-0.25, -0.2) is 9.59 Å². The Hall–Kier alpha value is -4.68. The van der Waals surface area contributed by atoms with E-state index >= 15 is 0 Å². The van der Waals surface area contributed by atoms with Gasteiger partial charge in [0.25, 0.3) is 0 Å². The minimum absolute atomic E-state index is 0.0728. The summed E-state index contributed by atoms with van der Waals surface area (Å²) >= 11 is 0. The molecule has 0 aromatic carbocycles. The van der Waals surface area contributed by atoms with Crippen LogP contribution in [0.15, 0.2) is 12.2 Å². The van der Waals surface area contributed by atoms with Crippen molar-refractivity contribution in [3.63, 3.8) is 0 Å². The van der Waals surface area contributed by atoms with Gasteiger partial charge < -0.3 is 186 Å². The van der Waals surface area contributed by atoms with Crippen LogP contribution in [-0.4, -0.2) is 406 Å². The fourth-order valence-electron chi connectivity index (χ4n) is 17.8. The van der Waals surface area contributed by atoms with Gasteiger partial charge in [0.05, 0.1) is 94.9 Å². The van der Waals surface area contributed by atoms with E-state index in [1.807, 2.05) is 0 Å². The lowest BCUT2D eigenvalue weighted by molar-refractivity contribution is -0.384. The summed E-state index contributed by atoms with van der Waals surface area (Å²) in [4.78, 5) is 80.9. The van der Waals surface area contributed by atoms with E-state index in [0.717, 1.165) is 91.4 Å². The van der Waals surface area contributed by atoms with Gasteiger partial charge in [0.15, 0.2) is 36.4 Å². The summed E-state index contributed by atoms with van der Waals surface area (Å²) in [6.07, 6.45) is -37.3. The highest BCUT2D eigenvalue weighted by atomic mass is 16.8. The number of carboxylic acid groups (broad SMARTS) is 2. The fraction of sp³-hybridized carbons (Fsp3) is 0.905. The maximum absolute atomic E-state index is 14.6. The van der Waals surface area contributed by atoms with E-state index in [9.17, 15) is 146 Å². The number of unbranched alkanes of at least 4 members (excludes halogenated alkanes) is 23. The van der Waals surface area contributed by atoms with Gasteiger partial charge in [-0.2, -0.15) is 0 Å². The Kier molecular flexibility index (Phi) is 48.3. The molecular formula is C84H148N4O39. The molecule has 6 heterocycles. The van der Waals surface area contributed by atoms with Crippen LogP contribution in [0.3, 0.4) is 0 Å². The van der Waals surface area contributed by atoms with E-state index in [2.05, 4.69) is 35.1 Å². The summed E-state index contributed by atoms with van der Waals surface area (Å²) in [7, 11) is 0. The molecule has 738 valence electrons. The first-order valence-electron chi connectivity index (χ1n) is 45.1. The second-order valence-electron chi connectivity index (χ2n) is 34.7. The molecule has 0 aliphatic carbocycles. The van der Waals surface area contributed by atoms with Crippen molar-refractivity contribution in [1.29, 1.82) is 0 Å². The molecule has 43 heteroatoms. The minimum atomic E-state index is -3.71. The lowest BCUT2D eigenvalue weighted by Gasteiger charge is -2.55. The molecule has 0 radical (unpaired) electrons. The van der Waals surface area contributed by atoms with Crippen molar-refractivity contribution in [2.75, 3.05) is 46.2 Å². The zero-order valence-corrected chi connectivity index (χ0v) is 73.4. The highest BCUT2D eigenvalue weighted by molar-refractivity contribution is 5.80. The number of rotatable bonds is 57. The molecule has 0 aromatic rings. The first-order chi connectivity index (χ1) is 60.4. The van der Waals surface area contributed by atoms with E-state index in [1.54, 1.807) is 6.08 Å². The van der Waals surface area contributed by atoms with Crippen molar-refractivity contribution in [3.05, 3.63) is 12.2 Å². The van der Waals surface area contributed by atoms with Crippen molar-refractivity contribution < 1.29 is 194 Å². The SMILES string of the molecule is CCCCCCCCCCCCC/C=C/[C@H](O)[C@@H](CO[C@@H]1O[C@H](CO)[C@@H](O[C@@H]2O[C@H](CO)[C@H](O[C@@H]3O[C@H](CO)[C@H](O)[C@H](O[C@@H]4O[C@H](CO)[C@H](O)[C@H](O)[C@H]4O)[C@H]3NC(C)=O)[C@H](C(O)[C@]3(C(=O)O)C[C@H](O)[C@@H](NC(C)=O)C(C(O)C(CO)C(O)[C@]4(C(=O)O)C[C@H](O)[C@@H](NC(C)=O)C(C(O)C(O)CO)O4)O3)[C@H]2O)[C@H](O)[C@H]1O)NC(=O)CCCCCCCCCCCCCCC. The number of hydrogen-bond donors (Lipinski definition) is 27. The van der Waals surface area contributed by atoms with Crippen LogP contribution in [0.4, 0.5) is 0 Å². The molecule has 27 N–H and O–H groups in total. The van der Waals surface area contributed by atoms with Gasteiger partial charge >= 0.3 is 11.9 Å². The Labute approximate surface area is 739 Å². The predicted molar refractivity (Wildman–Crippen MR) is 440 cm³/mol. The van der Waals surface area contributed by atoms with Gasteiger partial charge in [-0.15, -0.1) is 0 Å². The lowest BCUT2D eigenvalue weighted by atomic mass is 9.70. The average molecular weight is 1840 g/mol. The standard InChI is InChI=1S/C84H148N4O39/c1-6-8-10-12-14-16-18-20-22-24-26-28-30-32-48(98)47(88-56(102)33-31-29-27-25-23-21-19-17-15-13-11-9-7-2)42-118-78-69(111)67(109)71(55(41-94)121-78)124-79-65(107)57(70(54(40-93)122-79)123-77-60(87-45(5)97)72(64(106)53(39-92)119-77)125-80-68(110)66(108)63(105)52(38-91)120-80)76(113)84(82(116)117)35-50(100)58(85-43(3)95)73(126-84)61(103)46(36-89)75(112)83(81(114)115)34-49(99)59(86-44(4)96)74(127-83)62(104)51(101)37-90/h30,32,46-55,57-80,89-94,98-101,103-113H,6-29,31,33-42H2,1-5H3,(H,85,95)(H,86,96)(H,87,97)(H,88,102)(H,114,115)(H,116,117)/b32-30+/t46?,47-,48+,49+,50+,51?,52-,53-,54-,55-,57-,58-,59-,60-,61?,62?,63+,64+,65-,66+,67-,68-,69-,70+,71-,72-,73?,74?,75?,76?,77+,78-,79+,80+,83+,84+/m1/s1. The highest BCUT2D eigenvalue weighted by Gasteiger charge is 2.67. The topological polar surface area (TPSA) is 708 Å². The van der Waals surface area contributed by atoms with Gasteiger partial charge in [-0.05, 0) is 19.3 Å². The van der Waals surface area contributed by atoms with E-state index in [4.69, 9.17) is 47.4 Å². The fourth-order valence-corrected chi connectivity index (χ4v) is 17.8. The number of amides is 4. The number of allylic oxidation sites excluding steroid dienone is 1. The molecule has 127 heavy (non-hydrogen) atoms. The molecule has 6 rings (SSSR count). The Morgan fingerprint density at radius 3 is 1.33 bits per heavy atom. The summed E-state index contributed by atoms with van der Waals surface area (Å²) in [5, 5.41) is 275. The quantitative estimate of drug-likeness (QED) is 0.0200. The molecule has 4 amide bonds. The number of aliphatic carboxylic acids is 2. The van der Waals surface area contributed by atoms with Crippen molar-refractivity contribution in [3.8, 4) is 0 Å². The first kappa shape index (κ1) is 111. The predicted octanol–water partition coefficient (Wildman–Crippen LogP) is -5.38. The molecule has 0 saturated carbocycles. The molecule has 36 atom stereocenters. The summed E-state index contributed by atoms with van der Waals surface area (Å²) in [5.74, 6) is -13.4. The third-order valence-electron chi connectivity index (χ3n) is 25.0. The second kappa shape index (κ2) is 55.2. The Bertz CT molecular complexity index is 3230. The molecule has 6 aliphatic heterocycles. The van der Waals surface area contributed by atoms with Gasteiger partial charge in [0.2, 0.25) is 23.6 Å². The lowest BCUT2D eigenvalue weighted by Crippen LogP contribution is -2.75. The van der Waals surface area contributed by atoms with E-state index < -0.39 is 314 Å². The molecule has 0 spiro atoms. The number of hydrogen-bond acceptors (Lipinski definition) is 37. The van der Waals surface area contributed by atoms with Gasteiger partial charge in [0.1, 0.15) is 122 Å². The van der Waals surface area contributed by atoms with Crippen molar-refractivity contribution in [2.24, 2.45) is 11.8 Å². The number of carbonyl (C=O) groups excluding carboxylic acids is 4. The molecule has 0 bridgehead atoms. The summed E-state index contributed by atoms with van der Waals surface area (Å²) in [5.41, 5.74) is -7.13. The minimum Gasteiger partial charge on any atom is -0.479 e. The van der Waals surface area contributed by atoms with Crippen LogP contribution in [0.1, 0.15) is 214 Å². The van der Waals surface area contributed by atoms with Crippen molar-refractivity contribution in [2.45, 2.75) is 421 Å². The number of carboxylic acids is 2. The number of aliphatic hydroxyl groups excluding tert-OH is 21. The Morgan fingerprint density at radius 1 is 0.433 bits per heavy atom. The molecule has 8 unspecified atom stereocenters. The monoisotopic (exact) mass is 1840 g/mol. The first-order valence-corrected chi connectivity index (χ1v) is 45.1. The van der Waals surface area contributed by atoms with Gasteiger partial charge in [-0.3, -0.25) is 19.2 Å². The van der Waals surface area contributed by atoms with E-state index in [-0.39, 0.29) is 6.42 Å². The molecule has 6 aliphatic rings. The Balaban J connectivity index is 1.38. The second-order valence-corrected chi connectivity index (χ2v) is 34.7. The molecule has 43 nitrogen and oxygen atoms in total. The highest BCUT2D eigenvalue weighted by Crippen LogP contribution is 2.47. The van der Waals surface area contributed by atoms with Crippen LogP contribution in [0.2, 0.25) is 0 Å². The smallest absolute Gasteiger partial charge is 0.338 e. The van der Waals surface area contributed by atoms with Crippen LogP contribution in [-0.2, 0) is 76.1 Å². The number of aliphatic hydroxyl groups is 21. The number of carbonyl (C=O) groups is 6. The Morgan fingerprint density at radius 2 is 0.843 bits per heavy atom.